The van der Waals surface area contributed by atoms with Gasteiger partial charge in [0.25, 0.3) is 0 Å². The maximum Gasteiger partial charge on any atom is 0.197 e. The zero-order valence-electron chi connectivity index (χ0n) is 15.7. The minimum atomic E-state index is 0.405. The number of aromatic nitrogens is 1. The van der Waals surface area contributed by atoms with Crippen LogP contribution in [0.25, 0.3) is 0 Å². The highest BCUT2D eigenvalue weighted by molar-refractivity contribution is 5.20. The van der Waals surface area contributed by atoms with Crippen LogP contribution in [-0.4, -0.2) is 71.0 Å². The summed E-state index contributed by atoms with van der Waals surface area (Å²) in [5, 5.41) is 13.5. The van der Waals surface area contributed by atoms with Gasteiger partial charge in [-0.1, -0.05) is 0 Å². The lowest BCUT2D eigenvalue weighted by Crippen LogP contribution is -2.50. The van der Waals surface area contributed by atoms with Crippen molar-refractivity contribution in [3.63, 3.8) is 0 Å². The highest BCUT2D eigenvalue weighted by Gasteiger charge is 2.41. The first-order valence-electron chi connectivity index (χ1n) is 9.96. The van der Waals surface area contributed by atoms with E-state index >= 15 is 0 Å². The van der Waals surface area contributed by atoms with E-state index in [0.29, 0.717) is 18.6 Å². The minimum Gasteiger partial charge on any atom is -0.444 e. The Morgan fingerprint density at radius 3 is 2.93 bits per heavy atom. The molecule has 144 valence electrons. The van der Waals surface area contributed by atoms with E-state index in [4.69, 9.17) is 14.1 Å². The molecule has 9 heteroatoms. The molecule has 0 unspecified atom stereocenters. The van der Waals surface area contributed by atoms with Gasteiger partial charge in [0.1, 0.15) is 12.4 Å². The van der Waals surface area contributed by atoms with Crippen molar-refractivity contribution in [2.24, 2.45) is 10.2 Å². The molecule has 0 aromatic carbocycles. The number of hydrazine groups is 1. The Kier molecular flexibility index (Phi) is 3.49. The van der Waals surface area contributed by atoms with Gasteiger partial charge in [0.05, 0.1) is 31.6 Å². The number of nitrogens with zero attached hydrogens (tertiary/aromatic N) is 7. The summed E-state index contributed by atoms with van der Waals surface area (Å²) in [5.41, 5.74) is 1.14. The van der Waals surface area contributed by atoms with Crippen molar-refractivity contribution in [3.8, 4) is 0 Å². The van der Waals surface area contributed by atoms with E-state index in [2.05, 4.69) is 37.1 Å². The smallest absolute Gasteiger partial charge is 0.197 e. The van der Waals surface area contributed by atoms with Gasteiger partial charge in [-0.25, -0.2) is 9.99 Å². The number of hydrogen-bond acceptors (Lipinski definition) is 9. The van der Waals surface area contributed by atoms with Gasteiger partial charge in [0.15, 0.2) is 17.5 Å². The van der Waals surface area contributed by atoms with Crippen molar-refractivity contribution < 1.29 is 9.15 Å². The van der Waals surface area contributed by atoms with Gasteiger partial charge < -0.3 is 19.0 Å². The summed E-state index contributed by atoms with van der Waals surface area (Å²) in [6.45, 7) is 4.68. The van der Waals surface area contributed by atoms with Crippen molar-refractivity contribution in [1.29, 1.82) is 0 Å². The molecular formula is C18H25N7O2. The van der Waals surface area contributed by atoms with Crippen molar-refractivity contribution in [3.05, 3.63) is 29.0 Å². The van der Waals surface area contributed by atoms with Gasteiger partial charge >= 0.3 is 0 Å². The second-order valence-corrected chi connectivity index (χ2v) is 8.09. The number of rotatable bonds is 3. The Bertz CT molecular complexity index is 809. The molecule has 1 atom stereocenters. The van der Waals surface area contributed by atoms with Gasteiger partial charge in [-0.3, -0.25) is 5.01 Å². The van der Waals surface area contributed by atoms with Crippen LogP contribution in [0, 0.1) is 0 Å². The van der Waals surface area contributed by atoms with Crippen molar-refractivity contribution in [1.82, 2.24) is 24.8 Å². The molecule has 0 N–H and O–H groups in total. The predicted octanol–water partition coefficient (Wildman–Crippen LogP) is 1.67. The van der Waals surface area contributed by atoms with Crippen molar-refractivity contribution in [2.45, 2.75) is 44.2 Å². The monoisotopic (exact) mass is 371 g/mol. The van der Waals surface area contributed by atoms with Crippen LogP contribution in [0.1, 0.15) is 42.5 Å². The molecule has 6 rings (SSSR count). The highest BCUT2D eigenvalue weighted by Crippen LogP contribution is 2.41. The first kappa shape index (κ1) is 15.9. The second-order valence-electron chi connectivity index (χ2n) is 8.09. The lowest BCUT2D eigenvalue weighted by atomic mass is 10.2. The van der Waals surface area contributed by atoms with Crippen LogP contribution in [-0.2, 0) is 17.7 Å². The van der Waals surface area contributed by atoms with Gasteiger partial charge in [-0.2, -0.15) is 5.11 Å². The fourth-order valence-electron chi connectivity index (χ4n) is 4.46. The largest absolute Gasteiger partial charge is 0.444 e. The standard InChI is InChI=1S/C18H25N7O2/c1-22-11-24(13-5-7-26-9-13)18-16(22)21-19-10-25(18)23-6-4-14-15(8-23)27-17(20-14)12-2-3-12/h12-13H,2-11H2,1H3/t13-/m0/s1. The normalized spacial score (nSPS) is 28.3. The third-order valence-electron chi connectivity index (χ3n) is 6.15. The van der Waals surface area contributed by atoms with Crippen LogP contribution in [0.5, 0.6) is 0 Å². The Hall–Kier alpha value is -2.13. The van der Waals surface area contributed by atoms with Crippen LogP contribution >= 0.6 is 0 Å². The molecule has 2 fully saturated rings. The number of ether oxygens (including phenoxy) is 1. The van der Waals surface area contributed by atoms with Crippen LogP contribution in [0.4, 0.5) is 0 Å². The number of fused-ring (bicyclic) bond motifs is 1. The first-order valence-corrected chi connectivity index (χ1v) is 9.96. The Balaban J connectivity index is 1.29. The molecule has 1 saturated heterocycles. The third-order valence-corrected chi connectivity index (χ3v) is 6.15. The lowest BCUT2D eigenvalue weighted by molar-refractivity contribution is -0.0429. The van der Waals surface area contributed by atoms with Crippen LogP contribution in [0.3, 0.4) is 0 Å². The SMILES string of the molecule is CN1CN([C@H]2CCOC2)C2=C1N=NCN2N1CCc2nc(C3CC3)oc2C1. The van der Waals surface area contributed by atoms with Crippen LogP contribution in [0.15, 0.2) is 26.3 Å². The molecule has 0 bridgehead atoms. The van der Waals surface area contributed by atoms with E-state index in [1.54, 1.807) is 0 Å². The average Bonchev–Trinajstić information content (AvgIpc) is 3.10. The molecular weight excluding hydrogens is 346 g/mol. The van der Waals surface area contributed by atoms with E-state index in [1.807, 2.05) is 0 Å². The summed E-state index contributed by atoms with van der Waals surface area (Å²) >= 11 is 0. The summed E-state index contributed by atoms with van der Waals surface area (Å²) in [6, 6.07) is 0.405. The summed E-state index contributed by atoms with van der Waals surface area (Å²) in [5.74, 6) is 4.65. The van der Waals surface area contributed by atoms with Crippen LogP contribution < -0.4 is 0 Å². The van der Waals surface area contributed by atoms with Crippen molar-refractivity contribution in [2.75, 3.05) is 40.1 Å². The average molecular weight is 371 g/mol. The first-order chi connectivity index (χ1) is 13.3. The lowest BCUT2D eigenvalue weighted by Gasteiger charge is -2.41. The maximum absolute atomic E-state index is 6.12. The third kappa shape index (κ3) is 2.55. The molecule has 0 radical (unpaired) electrons. The molecule has 0 spiro atoms. The predicted molar refractivity (Wildman–Crippen MR) is 94.9 cm³/mol. The van der Waals surface area contributed by atoms with E-state index in [-0.39, 0.29) is 0 Å². The summed E-state index contributed by atoms with van der Waals surface area (Å²) < 4.78 is 11.8. The summed E-state index contributed by atoms with van der Waals surface area (Å²) in [4.78, 5) is 9.36. The fraction of sp³-hybridized carbons (Fsp3) is 0.722. The Morgan fingerprint density at radius 2 is 2.11 bits per heavy atom. The summed E-state index contributed by atoms with van der Waals surface area (Å²) in [6.07, 6.45) is 4.42. The quantitative estimate of drug-likeness (QED) is 0.800. The molecule has 0 amide bonds. The molecule has 1 aromatic heterocycles. The summed E-state index contributed by atoms with van der Waals surface area (Å²) in [7, 11) is 2.08. The van der Waals surface area contributed by atoms with Crippen LogP contribution in [0.2, 0.25) is 0 Å². The van der Waals surface area contributed by atoms with Gasteiger partial charge in [0.2, 0.25) is 0 Å². The van der Waals surface area contributed by atoms with E-state index in [1.165, 1.54) is 12.8 Å². The molecule has 27 heavy (non-hydrogen) atoms. The number of azo groups is 1. The topological polar surface area (TPSA) is 72.9 Å². The maximum atomic E-state index is 6.12. The fourth-order valence-corrected chi connectivity index (χ4v) is 4.46. The molecule has 4 aliphatic heterocycles. The van der Waals surface area contributed by atoms with Gasteiger partial charge in [-0.05, 0) is 19.3 Å². The second kappa shape index (κ2) is 5.93. The number of oxazole rings is 1. The van der Waals surface area contributed by atoms with Gasteiger partial charge in [0, 0.05) is 32.5 Å². The molecule has 5 aliphatic rings. The Morgan fingerprint density at radius 1 is 1.19 bits per heavy atom. The molecule has 1 saturated carbocycles. The van der Waals surface area contributed by atoms with Gasteiger partial charge in [-0.15, -0.1) is 5.11 Å². The molecule has 9 nitrogen and oxygen atoms in total. The zero-order valence-corrected chi connectivity index (χ0v) is 15.7. The Labute approximate surface area is 158 Å². The molecule has 1 aliphatic carbocycles. The van der Waals surface area contributed by atoms with E-state index in [0.717, 1.165) is 74.8 Å². The zero-order chi connectivity index (χ0) is 18.0. The number of hydrogen-bond donors (Lipinski definition) is 0. The minimum absolute atomic E-state index is 0.405. The molecule has 1 aromatic rings. The van der Waals surface area contributed by atoms with E-state index in [9.17, 15) is 0 Å². The van der Waals surface area contributed by atoms with E-state index < -0.39 is 0 Å². The highest BCUT2D eigenvalue weighted by atomic mass is 16.5. The van der Waals surface area contributed by atoms with Crippen molar-refractivity contribution >= 4 is 0 Å². The molecule has 5 heterocycles.